The maximum absolute atomic E-state index is 12.3. The first-order valence-corrected chi connectivity index (χ1v) is 8.80. The van der Waals surface area contributed by atoms with Crippen LogP contribution in [0.25, 0.3) is 0 Å². The first-order valence-electron chi connectivity index (χ1n) is 8.80. The Morgan fingerprint density at radius 2 is 1.00 bits per heavy atom. The predicted molar refractivity (Wildman–Crippen MR) is 120 cm³/mol. The van der Waals surface area contributed by atoms with E-state index in [1.165, 1.54) is 14.2 Å². The van der Waals surface area contributed by atoms with Gasteiger partial charge in [0.05, 0.1) is 14.2 Å². The largest absolute Gasteiger partial charge is 0.454 e. The van der Waals surface area contributed by atoms with E-state index in [1.807, 2.05) is 0 Å². The highest BCUT2D eigenvalue weighted by atomic mass is 16.7. The molecule has 0 atom stereocenters. The van der Waals surface area contributed by atoms with Crippen molar-refractivity contribution >= 4 is 23.7 Å². The monoisotopic (exact) mass is 430 g/mol. The number of Topliss-reactive ketones (excluding diaryl/α,β-unsaturated/α-hetero) is 2. The second kappa shape index (κ2) is 13.5. The molecule has 0 bridgehead atoms. The molecule has 0 unspecified atom stereocenters. The molecule has 8 nitrogen and oxygen atoms in total. The Kier molecular flexibility index (Phi) is 11.9. The molecule has 2 rings (SSSR count). The molecule has 0 fully saturated rings. The van der Waals surface area contributed by atoms with Gasteiger partial charge in [-0.25, -0.2) is 10.8 Å². The normalized spacial score (nSPS) is 9.35. The van der Waals surface area contributed by atoms with Crippen molar-refractivity contribution in [2.24, 2.45) is 0 Å². The molecule has 0 aliphatic rings. The van der Waals surface area contributed by atoms with Crippen LogP contribution in [0.5, 0.6) is 11.5 Å². The van der Waals surface area contributed by atoms with Crippen LogP contribution in [0.2, 0.25) is 0 Å². The number of nitrogens with one attached hydrogen (secondary N) is 2. The van der Waals surface area contributed by atoms with E-state index >= 15 is 0 Å². The van der Waals surface area contributed by atoms with Crippen LogP contribution in [0.3, 0.4) is 0 Å². The van der Waals surface area contributed by atoms with Gasteiger partial charge >= 0.3 is 12.2 Å². The van der Waals surface area contributed by atoms with Crippen LogP contribution in [0, 0.1) is 10.8 Å². The average Bonchev–Trinajstić information content (AvgIpc) is 2.74. The Hall–Kier alpha value is -3.68. The number of benzene rings is 2. The van der Waals surface area contributed by atoms with E-state index in [1.54, 1.807) is 48.5 Å². The summed E-state index contributed by atoms with van der Waals surface area (Å²) in [6.07, 6.45) is 0.243. The van der Waals surface area contributed by atoms with Crippen molar-refractivity contribution in [3.8, 4) is 11.5 Å². The molecule has 0 saturated carbocycles. The summed E-state index contributed by atoms with van der Waals surface area (Å²) >= 11 is 0. The zero-order valence-corrected chi connectivity index (χ0v) is 16.2. The SMILES string of the molecule is C.C.COC(=N)Oc1ccc(C(=O)CCCC(=O)c2ccc(OC(=N)OC)cc2)cc1. The Bertz CT molecular complexity index is 802. The topological polar surface area (TPSA) is 119 Å². The van der Waals surface area contributed by atoms with Gasteiger partial charge in [0.1, 0.15) is 11.5 Å². The Labute approximate surface area is 183 Å². The first-order chi connectivity index (χ1) is 13.9. The van der Waals surface area contributed by atoms with Crippen molar-refractivity contribution in [3.05, 3.63) is 59.7 Å². The molecule has 0 saturated heterocycles. The summed E-state index contributed by atoms with van der Waals surface area (Å²) in [4.78, 5) is 24.5. The lowest BCUT2D eigenvalue weighted by molar-refractivity contribution is 0.0957. The van der Waals surface area contributed by atoms with Crippen LogP contribution in [0.1, 0.15) is 54.8 Å². The van der Waals surface area contributed by atoms with Gasteiger partial charge in [-0.15, -0.1) is 0 Å². The standard InChI is InChI=1S/C21H22N2O6.2CH4/c1-26-20(22)28-16-10-6-14(7-11-16)18(24)4-3-5-19(25)15-8-12-17(13-9-15)29-21(23)27-2;;/h6-13,22-23H,3-5H2,1-2H3;2*1H4. The molecule has 2 aromatic rings. The van der Waals surface area contributed by atoms with Crippen molar-refractivity contribution < 1.29 is 28.5 Å². The minimum Gasteiger partial charge on any atom is -0.454 e. The van der Waals surface area contributed by atoms with E-state index in [9.17, 15) is 9.59 Å². The van der Waals surface area contributed by atoms with E-state index in [0.717, 1.165) is 0 Å². The number of hydrogen-bond donors (Lipinski definition) is 2. The number of ketones is 2. The Balaban J connectivity index is 0.00000450. The van der Waals surface area contributed by atoms with Gasteiger partial charge in [-0.05, 0) is 55.0 Å². The summed E-state index contributed by atoms with van der Waals surface area (Å²) in [5.41, 5.74) is 1.02. The third-order valence-electron chi connectivity index (χ3n) is 3.95. The number of ether oxygens (including phenoxy) is 4. The number of carbonyl (C=O) groups excluding carboxylic acids is 2. The molecule has 0 aliphatic heterocycles. The van der Waals surface area contributed by atoms with Crippen LogP contribution < -0.4 is 9.47 Å². The molecule has 168 valence electrons. The molecule has 31 heavy (non-hydrogen) atoms. The molecule has 0 radical (unpaired) electrons. The van der Waals surface area contributed by atoms with E-state index < -0.39 is 0 Å². The molecular formula is C23H30N2O6. The highest BCUT2D eigenvalue weighted by Gasteiger charge is 2.11. The minimum absolute atomic E-state index is 0. The molecule has 2 N–H and O–H groups in total. The second-order valence-electron chi connectivity index (χ2n) is 5.94. The van der Waals surface area contributed by atoms with Crippen molar-refractivity contribution in [2.45, 2.75) is 34.1 Å². The zero-order chi connectivity index (χ0) is 21.2. The summed E-state index contributed by atoms with van der Waals surface area (Å²) in [6.45, 7) is 0. The van der Waals surface area contributed by atoms with E-state index in [0.29, 0.717) is 29.0 Å². The summed E-state index contributed by atoms with van der Waals surface area (Å²) in [5, 5.41) is 14.6. The van der Waals surface area contributed by atoms with Crippen molar-refractivity contribution in [3.63, 3.8) is 0 Å². The molecular weight excluding hydrogens is 400 g/mol. The van der Waals surface area contributed by atoms with Gasteiger partial charge in [-0.2, -0.15) is 0 Å². The van der Waals surface area contributed by atoms with E-state index in [2.05, 4.69) is 9.47 Å². The number of rotatable bonds is 8. The van der Waals surface area contributed by atoms with Gasteiger partial charge in [-0.1, -0.05) is 14.9 Å². The molecule has 0 heterocycles. The van der Waals surface area contributed by atoms with Crippen molar-refractivity contribution in [1.29, 1.82) is 10.8 Å². The number of carbonyl (C=O) groups is 2. The Morgan fingerprint density at radius 3 is 1.29 bits per heavy atom. The fourth-order valence-electron chi connectivity index (χ4n) is 2.41. The highest BCUT2D eigenvalue weighted by molar-refractivity contribution is 5.98. The van der Waals surface area contributed by atoms with Crippen LogP contribution in [-0.2, 0) is 9.47 Å². The summed E-state index contributed by atoms with van der Waals surface area (Å²) < 4.78 is 19.4. The van der Waals surface area contributed by atoms with Crippen LogP contribution in [0.4, 0.5) is 0 Å². The third-order valence-corrected chi connectivity index (χ3v) is 3.95. The van der Waals surface area contributed by atoms with E-state index in [4.69, 9.17) is 20.3 Å². The quantitative estimate of drug-likeness (QED) is 0.341. The fraction of sp³-hybridized carbons (Fsp3) is 0.304. The van der Waals surface area contributed by atoms with E-state index in [-0.39, 0.29) is 51.4 Å². The van der Waals surface area contributed by atoms with Gasteiger partial charge in [0, 0.05) is 24.0 Å². The molecule has 8 heteroatoms. The van der Waals surface area contributed by atoms with Crippen LogP contribution in [0.15, 0.2) is 48.5 Å². The maximum Gasteiger partial charge on any atom is 0.385 e. The lowest BCUT2D eigenvalue weighted by Crippen LogP contribution is -2.09. The number of hydrogen-bond acceptors (Lipinski definition) is 8. The summed E-state index contributed by atoms with van der Waals surface area (Å²) in [7, 11) is 2.66. The van der Waals surface area contributed by atoms with Crippen LogP contribution >= 0.6 is 0 Å². The lowest BCUT2D eigenvalue weighted by Gasteiger charge is -2.07. The van der Waals surface area contributed by atoms with Gasteiger partial charge in [0.25, 0.3) is 0 Å². The summed E-state index contributed by atoms with van der Waals surface area (Å²) in [6, 6.07) is 12.8. The Morgan fingerprint density at radius 1 is 0.677 bits per heavy atom. The smallest absolute Gasteiger partial charge is 0.385 e. The predicted octanol–water partition coefficient (Wildman–Crippen LogP) is 5.11. The van der Waals surface area contributed by atoms with Gasteiger partial charge in [0.2, 0.25) is 0 Å². The second-order valence-corrected chi connectivity index (χ2v) is 5.94. The lowest BCUT2D eigenvalue weighted by atomic mass is 10.0. The molecule has 0 aromatic heterocycles. The minimum atomic E-state index is -0.334. The number of methoxy groups -OCH3 is 2. The fourth-order valence-corrected chi connectivity index (χ4v) is 2.41. The van der Waals surface area contributed by atoms with Gasteiger partial charge in [0.15, 0.2) is 11.6 Å². The third kappa shape index (κ3) is 8.69. The summed E-state index contributed by atoms with van der Waals surface area (Å²) in [5.74, 6) is 0.647. The zero-order valence-electron chi connectivity index (χ0n) is 16.2. The van der Waals surface area contributed by atoms with Gasteiger partial charge < -0.3 is 18.9 Å². The first kappa shape index (κ1) is 27.3. The van der Waals surface area contributed by atoms with Crippen LogP contribution in [-0.4, -0.2) is 38.0 Å². The maximum atomic E-state index is 12.3. The van der Waals surface area contributed by atoms with Gasteiger partial charge in [-0.3, -0.25) is 9.59 Å². The molecule has 0 aliphatic carbocycles. The van der Waals surface area contributed by atoms with Crippen molar-refractivity contribution in [2.75, 3.05) is 14.2 Å². The molecule has 2 aromatic carbocycles. The molecule has 0 amide bonds. The molecule has 0 spiro atoms. The van der Waals surface area contributed by atoms with Crippen molar-refractivity contribution in [1.82, 2.24) is 0 Å². The highest BCUT2D eigenvalue weighted by Crippen LogP contribution is 2.17. The average molecular weight is 431 g/mol.